The number of aryl methyl sites for hydroxylation is 1. The van der Waals surface area contributed by atoms with Gasteiger partial charge in [0.1, 0.15) is 12.2 Å². The number of imidazole rings is 1. The summed E-state index contributed by atoms with van der Waals surface area (Å²) in [5.41, 5.74) is 1.10. The Balaban J connectivity index is 1.84. The fourth-order valence-corrected chi connectivity index (χ4v) is 3.04. The Morgan fingerprint density at radius 3 is 2.58 bits per heavy atom. The second-order valence-corrected chi connectivity index (χ2v) is 6.45. The van der Waals surface area contributed by atoms with Gasteiger partial charge in [-0.1, -0.05) is 0 Å². The summed E-state index contributed by atoms with van der Waals surface area (Å²) < 4.78 is 39.5. The maximum absolute atomic E-state index is 12.9. The number of aromatic nitrogens is 5. The van der Waals surface area contributed by atoms with Gasteiger partial charge in [-0.05, 0) is 45.8 Å². The SMILES string of the molecule is Cc1[nH]cnc1-c1nc(CC2CCN(C)CC2)nn1CC(F)(F)F. The zero-order valence-electron chi connectivity index (χ0n) is 13.8. The van der Waals surface area contributed by atoms with Gasteiger partial charge in [0.25, 0.3) is 0 Å². The summed E-state index contributed by atoms with van der Waals surface area (Å²) in [5.74, 6) is 1.05. The number of hydrogen-bond acceptors (Lipinski definition) is 4. The molecule has 0 atom stereocenters. The zero-order valence-corrected chi connectivity index (χ0v) is 13.8. The highest BCUT2D eigenvalue weighted by Gasteiger charge is 2.31. The van der Waals surface area contributed by atoms with Crippen LogP contribution in [0.5, 0.6) is 0 Å². The molecule has 1 aliphatic rings. The lowest BCUT2D eigenvalue weighted by atomic mass is 9.94. The fourth-order valence-electron chi connectivity index (χ4n) is 3.04. The quantitative estimate of drug-likeness (QED) is 0.927. The van der Waals surface area contributed by atoms with Crippen LogP contribution in [0.2, 0.25) is 0 Å². The second-order valence-electron chi connectivity index (χ2n) is 6.45. The Morgan fingerprint density at radius 2 is 2.00 bits per heavy atom. The predicted octanol–water partition coefficient (Wildman–Crippen LogP) is 2.42. The maximum atomic E-state index is 12.9. The number of hydrogen-bond donors (Lipinski definition) is 1. The van der Waals surface area contributed by atoms with Gasteiger partial charge in [0, 0.05) is 12.1 Å². The summed E-state index contributed by atoms with van der Waals surface area (Å²) in [6.45, 7) is 2.60. The van der Waals surface area contributed by atoms with Crippen LogP contribution in [-0.2, 0) is 13.0 Å². The molecule has 2 aromatic rings. The number of H-pyrrole nitrogens is 1. The van der Waals surface area contributed by atoms with E-state index in [1.165, 1.54) is 6.33 Å². The monoisotopic (exact) mass is 342 g/mol. The number of piperidine rings is 1. The molecule has 3 heterocycles. The highest BCUT2D eigenvalue weighted by molar-refractivity contribution is 5.52. The van der Waals surface area contributed by atoms with Gasteiger partial charge in [-0.15, -0.1) is 0 Å². The van der Waals surface area contributed by atoms with E-state index in [1.54, 1.807) is 6.92 Å². The lowest BCUT2D eigenvalue weighted by Gasteiger charge is -2.28. The standard InChI is InChI=1S/C15H21F3N6/c1-10-13(20-9-19-10)14-21-12(22-24(14)8-15(16,17)18)7-11-3-5-23(2)6-4-11/h9,11H,3-8H2,1-2H3,(H,19,20). The van der Waals surface area contributed by atoms with Crippen LogP contribution in [0.1, 0.15) is 24.4 Å². The van der Waals surface area contributed by atoms with Crippen molar-refractivity contribution in [2.75, 3.05) is 20.1 Å². The number of rotatable bonds is 4. The van der Waals surface area contributed by atoms with Gasteiger partial charge in [0.2, 0.25) is 0 Å². The summed E-state index contributed by atoms with van der Waals surface area (Å²) in [5, 5.41) is 4.12. The number of nitrogens with zero attached hydrogens (tertiary/aromatic N) is 5. The van der Waals surface area contributed by atoms with Gasteiger partial charge >= 0.3 is 6.18 Å². The topological polar surface area (TPSA) is 62.6 Å². The van der Waals surface area contributed by atoms with Gasteiger partial charge in [-0.3, -0.25) is 0 Å². The third kappa shape index (κ3) is 3.95. The number of halogens is 3. The first kappa shape index (κ1) is 16.9. The molecule has 0 saturated carbocycles. The molecule has 0 aliphatic carbocycles. The number of aromatic amines is 1. The molecule has 0 radical (unpaired) electrons. The molecule has 24 heavy (non-hydrogen) atoms. The first-order chi connectivity index (χ1) is 11.3. The largest absolute Gasteiger partial charge is 0.408 e. The van der Waals surface area contributed by atoms with Crippen molar-refractivity contribution in [2.24, 2.45) is 5.92 Å². The third-order valence-corrected chi connectivity index (χ3v) is 4.40. The molecule has 3 rings (SSSR count). The number of nitrogens with one attached hydrogen (secondary N) is 1. The normalized spacial score (nSPS) is 17.5. The van der Waals surface area contributed by atoms with Crippen molar-refractivity contribution in [1.29, 1.82) is 0 Å². The average molecular weight is 342 g/mol. The minimum absolute atomic E-state index is 0.175. The molecule has 2 aromatic heterocycles. The summed E-state index contributed by atoms with van der Waals surface area (Å²) in [7, 11) is 2.07. The summed E-state index contributed by atoms with van der Waals surface area (Å²) in [6.07, 6.45) is -0.261. The van der Waals surface area contributed by atoms with E-state index in [-0.39, 0.29) is 5.82 Å². The lowest BCUT2D eigenvalue weighted by molar-refractivity contribution is -0.142. The van der Waals surface area contributed by atoms with E-state index in [0.29, 0.717) is 29.6 Å². The van der Waals surface area contributed by atoms with Gasteiger partial charge in [-0.25, -0.2) is 14.6 Å². The van der Waals surface area contributed by atoms with Crippen LogP contribution in [0.25, 0.3) is 11.5 Å². The van der Waals surface area contributed by atoms with Crippen molar-refractivity contribution in [1.82, 2.24) is 29.6 Å². The van der Waals surface area contributed by atoms with Gasteiger partial charge in [0.05, 0.1) is 6.33 Å². The molecule has 1 aliphatic heterocycles. The molecule has 1 fully saturated rings. The van der Waals surface area contributed by atoms with Crippen molar-refractivity contribution in [3.05, 3.63) is 17.8 Å². The van der Waals surface area contributed by atoms with E-state index in [2.05, 4.69) is 32.0 Å². The minimum atomic E-state index is -4.35. The van der Waals surface area contributed by atoms with Crippen LogP contribution < -0.4 is 0 Å². The molecule has 6 nitrogen and oxygen atoms in total. The van der Waals surface area contributed by atoms with E-state index in [0.717, 1.165) is 30.6 Å². The molecular weight excluding hydrogens is 321 g/mol. The molecule has 0 unspecified atom stereocenters. The summed E-state index contributed by atoms with van der Waals surface area (Å²) >= 11 is 0. The van der Waals surface area contributed by atoms with E-state index >= 15 is 0 Å². The number of alkyl halides is 3. The van der Waals surface area contributed by atoms with Gasteiger partial charge in [0.15, 0.2) is 11.6 Å². The number of likely N-dealkylation sites (tertiary alicyclic amines) is 1. The van der Waals surface area contributed by atoms with Crippen LogP contribution >= 0.6 is 0 Å². The Bertz CT molecular complexity index is 682. The smallest absolute Gasteiger partial charge is 0.348 e. The molecule has 0 amide bonds. The molecule has 9 heteroatoms. The molecule has 0 bridgehead atoms. The molecule has 132 valence electrons. The Hall–Kier alpha value is -1.90. The van der Waals surface area contributed by atoms with Crippen molar-refractivity contribution < 1.29 is 13.2 Å². The lowest BCUT2D eigenvalue weighted by Crippen LogP contribution is -2.31. The Kier molecular flexibility index (Phi) is 4.62. The molecule has 1 saturated heterocycles. The molecule has 1 N–H and O–H groups in total. The third-order valence-electron chi connectivity index (χ3n) is 4.40. The molecular formula is C15H21F3N6. The van der Waals surface area contributed by atoms with E-state index in [4.69, 9.17) is 0 Å². The Morgan fingerprint density at radius 1 is 1.29 bits per heavy atom. The zero-order chi connectivity index (χ0) is 17.3. The summed E-state index contributed by atoms with van der Waals surface area (Å²) in [6, 6.07) is 0. The van der Waals surface area contributed by atoms with E-state index < -0.39 is 12.7 Å². The maximum Gasteiger partial charge on any atom is 0.408 e. The van der Waals surface area contributed by atoms with Crippen LogP contribution in [0, 0.1) is 12.8 Å². The highest BCUT2D eigenvalue weighted by atomic mass is 19.4. The second kappa shape index (κ2) is 6.54. The van der Waals surface area contributed by atoms with Crippen molar-refractivity contribution in [3.63, 3.8) is 0 Å². The van der Waals surface area contributed by atoms with Gasteiger partial charge in [-0.2, -0.15) is 18.3 Å². The highest BCUT2D eigenvalue weighted by Crippen LogP contribution is 2.25. The van der Waals surface area contributed by atoms with Crippen LogP contribution in [0.3, 0.4) is 0 Å². The van der Waals surface area contributed by atoms with Crippen molar-refractivity contribution in [2.45, 2.75) is 38.9 Å². The molecule has 0 aromatic carbocycles. The predicted molar refractivity (Wildman–Crippen MR) is 82.3 cm³/mol. The van der Waals surface area contributed by atoms with Gasteiger partial charge < -0.3 is 9.88 Å². The fraction of sp³-hybridized carbons (Fsp3) is 0.667. The summed E-state index contributed by atoms with van der Waals surface area (Å²) in [4.78, 5) is 13.6. The molecule has 0 spiro atoms. The minimum Gasteiger partial charge on any atom is -0.348 e. The van der Waals surface area contributed by atoms with Crippen LogP contribution in [0.15, 0.2) is 6.33 Å². The first-order valence-corrected chi connectivity index (χ1v) is 8.01. The van der Waals surface area contributed by atoms with Crippen LogP contribution in [0.4, 0.5) is 13.2 Å². The van der Waals surface area contributed by atoms with Crippen molar-refractivity contribution >= 4 is 0 Å². The Labute approximate surface area is 138 Å². The van der Waals surface area contributed by atoms with E-state index in [1.807, 2.05) is 0 Å². The average Bonchev–Trinajstić information content (AvgIpc) is 3.06. The van der Waals surface area contributed by atoms with E-state index in [9.17, 15) is 13.2 Å². The first-order valence-electron chi connectivity index (χ1n) is 8.01. The van der Waals surface area contributed by atoms with Crippen molar-refractivity contribution in [3.8, 4) is 11.5 Å². The van der Waals surface area contributed by atoms with Crippen LogP contribution in [-0.4, -0.2) is 55.9 Å².